The van der Waals surface area contributed by atoms with Crippen LogP contribution in [0.2, 0.25) is 0 Å². The normalized spacial score (nSPS) is 13.5. The summed E-state index contributed by atoms with van der Waals surface area (Å²) in [7, 11) is 1.55. The maximum Gasteiger partial charge on any atom is 0.249 e. The summed E-state index contributed by atoms with van der Waals surface area (Å²) < 4.78 is 5.12. The van der Waals surface area contributed by atoms with Crippen LogP contribution < -0.4 is 15.8 Å². The van der Waals surface area contributed by atoms with Crippen LogP contribution in [0.5, 0.6) is 5.75 Å². The number of aliphatic hydroxyl groups excluding tert-OH is 1. The molecule has 0 fully saturated rings. The summed E-state index contributed by atoms with van der Waals surface area (Å²) in [6, 6.07) is 6.29. The van der Waals surface area contributed by atoms with E-state index in [9.17, 15) is 14.7 Å². The van der Waals surface area contributed by atoms with E-state index in [4.69, 9.17) is 10.5 Å². The average Bonchev–Trinajstić information content (AvgIpc) is 2.45. The van der Waals surface area contributed by atoms with E-state index in [1.54, 1.807) is 25.3 Å². The number of nitrogens with two attached hydrogens (primary N) is 1. The van der Waals surface area contributed by atoms with E-state index >= 15 is 0 Å². The lowest BCUT2D eigenvalue weighted by molar-refractivity contribution is -0.133. The Morgan fingerprint density at radius 1 is 1.36 bits per heavy atom. The molecule has 0 spiro atoms. The fraction of sp³-hybridized carbons (Fsp3) is 0.500. The summed E-state index contributed by atoms with van der Waals surface area (Å²) in [6.45, 7) is 3.80. The molecule has 0 saturated carbocycles. The molecule has 22 heavy (non-hydrogen) atoms. The second kappa shape index (κ2) is 8.38. The number of methoxy groups -OCH3 is 1. The molecule has 6 nitrogen and oxygen atoms in total. The van der Waals surface area contributed by atoms with Crippen molar-refractivity contribution in [1.82, 2.24) is 5.32 Å². The Morgan fingerprint density at radius 3 is 2.59 bits per heavy atom. The molecule has 0 aliphatic rings. The van der Waals surface area contributed by atoms with Gasteiger partial charge in [-0.05, 0) is 30.0 Å². The third-order valence-electron chi connectivity index (χ3n) is 3.23. The summed E-state index contributed by atoms with van der Waals surface area (Å²) in [5, 5.41) is 12.3. The Labute approximate surface area is 130 Å². The first-order valence-corrected chi connectivity index (χ1v) is 7.24. The topological polar surface area (TPSA) is 102 Å². The van der Waals surface area contributed by atoms with E-state index in [2.05, 4.69) is 5.32 Å². The predicted molar refractivity (Wildman–Crippen MR) is 83.3 cm³/mol. The molecule has 6 heteroatoms. The highest BCUT2D eigenvalue weighted by molar-refractivity contribution is 5.88. The van der Waals surface area contributed by atoms with Gasteiger partial charge in [0.1, 0.15) is 17.9 Å². The van der Waals surface area contributed by atoms with Crippen molar-refractivity contribution in [2.45, 2.75) is 38.8 Å². The second-order valence-electron chi connectivity index (χ2n) is 5.66. The van der Waals surface area contributed by atoms with E-state index in [-0.39, 0.29) is 12.3 Å². The van der Waals surface area contributed by atoms with Crippen molar-refractivity contribution in [3.63, 3.8) is 0 Å². The maximum absolute atomic E-state index is 11.9. The zero-order valence-corrected chi connectivity index (χ0v) is 13.2. The van der Waals surface area contributed by atoms with E-state index in [0.29, 0.717) is 12.2 Å². The molecule has 0 saturated heterocycles. The van der Waals surface area contributed by atoms with Gasteiger partial charge in [-0.3, -0.25) is 9.59 Å². The average molecular weight is 308 g/mol. The summed E-state index contributed by atoms with van der Waals surface area (Å²) in [5.74, 6) is -0.397. The molecule has 0 aromatic heterocycles. The first kappa shape index (κ1) is 18.0. The number of benzene rings is 1. The first-order valence-electron chi connectivity index (χ1n) is 7.24. The lowest BCUT2D eigenvalue weighted by Crippen LogP contribution is -2.49. The molecule has 1 aromatic rings. The molecule has 0 aliphatic carbocycles. The molecule has 0 radical (unpaired) electrons. The number of nitrogens with one attached hydrogen (secondary N) is 1. The predicted octanol–water partition coefficient (Wildman–Crippen LogP) is 0.615. The minimum Gasteiger partial charge on any atom is -0.497 e. The Hall–Kier alpha value is -2.08. The summed E-state index contributed by atoms with van der Waals surface area (Å²) in [4.78, 5) is 23.4. The Kier molecular flexibility index (Phi) is 6.85. The van der Waals surface area contributed by atoms with Crippen molar-refractivity contribution in [2.24, 2.45) is 11.7 Å². The minimum atomic E-state index is -1.15. The van der Waals surface area contributed by atoms with Crippen LogP contribution in [0.25, 0.3) is 0 Å². The molecule has 0 heterocycles. The number of carbonyl (C=O) groups excluding carboxylic acids is 2. The van der Waals surface area contributed by atoms with E-state index in [0.717, 1.165) is 5.56 Å². The lowest BCUT2D eigenvalue weighted by atomic mass is 10.0. The highest BCUT2D eigenvalue weighted by atomic mass is 16.5. The highest BCUT2D eigenvalue weighted by Crippen LogP contribution is 2.14. The number of hydrogen-bond donors (Lipinski definition) is 3. The zero-order valence-electron chi connectivity index (χ0n) is 13.2. The number of amides is 2. The number of aliphatic hydroxyl groups is 1. The van der Waals surface area contributed by atoms with E-state index in [1.165, 1.54) is 0 Å². The number of rotatable bonds is 8. The number of hydrogen-bond acceptors (Lipinski definition) is 4. The molecule has 0 aliphatic heterocycles. The Balaban J connectivity index is 2.73. The largest absolute Gasteiger partial charge is 0.497 e. The van der Waals surface area contributed by atoms with Crippen molar-refractivity contribution < 1.29 is 19.4 Å². The summed E-state index contributed by atoms with van der Waals surface area (Å²) >= 11 is 0. The molecule has 4 N–H and O–H groups in total. The van der Waals surface area contributed by atoms with Gasteiger partial charge in [0.25, 0.3) is 0 Å². The number of primary amides is 1. The van der Waals surface area contributed by atoms with Crippen molar-refractivity contribution in [2.75, 3.05) is 7.11 Å². The van der Waals surface area contributed by atoms with Gasteiger partial charge in [0.2, 0.25) is 11.8 Å². The summed E-state index contributed by atoms with van der Waals surface area (Å²) in [5.41, 5.74) is 6.15. The van der Waals surface area contributed by atoms with Gasteiger partial charge in [-0.25, -0.2) is 0 Å². The summed E-state index contributed by atoms with van der Waals surface area (Å²) in [6.07, 6.45) is -0.574. The number of carbonyl (C=O) groups is 2. The molecule has 2 atom stereocenters. The standard InChI is InChI=1S/C16H24N2O4/c1-10(2)7-14(19)16(21)18-13(15(17)20)9-11-5-4-6-12(8-11)22-3/h4-6,8,10,13-14,19H,7,9H2,1-3H3,(H2,17,20)(H,18,21)/t13-,14-/m1/s1. The SMILES string of the molecule is COc1cccc(C[C@@H](NC(=O)[C@H](O)CC(C)C)C(N)=O)c1. The highest BCUT2D eigenvalue weighted by Gasteiger charge is 2.23. The van der Waals surface area contributed by atoms with E-state index < -0.39 is 24.0 Å². The van der Waals surface area contributed by atoms with Gasteiger partial charge in [0.15, 0.2) is 0 Å². The number of ether oxygens (including phenoxy) is 1. The Morgan fingerprint density at radius 2 is 2.05 bits per heavy atom. The molecule has 122 valence electrons. The van der Waals surface area contributed by atoms with Crippen molar-refractivity contribution in [1.29, 1.82) is 0 Å². The third-order valence-corrected chi connectivity index (χ3v) is 3.23. The van der Waals surface area contributed by atoms with Crippen LogP contribution in [-0.2, 0) is 16.0 Å². The van der Waals surface area contributed by atoms with Crippen molar-refractivity contribution in [3.05, 3.63) is 29.8 Å². The smallest absolute Gasteiger partial charge is 0.249 e. The lowest BCUT2D eigenvalue weighted by Gasteiger charge is -2.19. The van der Waals surface area contributed by atoms with Crippen LogP contribution in [0, 0.1) is 5.92 Å². The van der Waals surface area contributed by atoms with Gasteiger partial charge in [0.05, 0.1) is 7.11 Å². The molecule has 0 unspecified atom stereocenters. The first-order chi connectivity index (χ1) is 10.3. The van der Waals surface area contributed by atoms with Crippen LogP contribution in [0.15, 0.2) is 24.3 Å². The molecule has 0 bridgehead atoms. The van der Waals surface area contributed by atoms with Gasteiger partial charge in [-0.15, -0.1) is 0 Å². The van der Waals surface area contributed by atoms with Crippen LogP contribution >= 0.6 is 0 Å². The molecule has 1 aromatic carbocycles. The molecular weight excluding hydrogens is 284 g/mol. The molecule has 2 amide bonds. The van der Waals surface area contributed by atoms with Gasteiger partial charge in [0, 0.05) is 6.42 Å². The fourth-order valence-corrected chi connectivity index (χ4v) is 2.08. The third kappa shape index (κ3) is 5.73. The molecule has 1 rings (SSSR count). The van der Waals surface area contributed by atoms with Gasteiger partial charge < -0.3 is 20.9 Å². The van der Waals surface area contributed by atoms with E-state index in [1.807, 2.05) is 19.9 Å². The minimum absolute atomic E-state index is 0.172. The second-order valence-corrected chi connectivity index (χ2v) is 5.66. The van der Waals surface area contributed by atoms with Crippen molar-refractivity contribution >= 4 is 11.8 Å². The quantitative estimate of drug-likeness (QED) is 0.655. The van der Waals surface area contributed by atoms with Gasteiger partial charge in [-0.2, -0.15) is 0 Å². The zero-order chi connectivity index (χ0) is 16.7. The van der Waals surface area contributed by atoms with Crippen LogP contribution in [-0.4, -0.2) is 36.2 Å². The fourth-order valence-electron chi connectivity index (χ4n) is 2.08. The van der Waals surface area contributed by atoms with Crippen LogP contribution in [0.3, 0.4) is 0 Å². The Bertz CT molecular complexity index is 517. The van der Waals surface area contributed by atoms with Gasteiger partial charge in [-0.1, -0.05) is 26.0 Å². The maximum atomic E-state index is 11.9. The van der Waals surface area contributed by atoms with Crippen LogP contribution in [0.4, 0.5) is 0 Å². The monoisotopic (exact) mass is 308 g/mol. The van der Waals surface area contributed by atoms with Crippen molar-refractivity contribution in [3.8, 4) is 5.75 Å². The molecular formula is C16H24N2O4. The van der Waals surface area contributed by atoms with Gasteiger partial charge >= 0.3 is 0 Å². The van der Waals surface area contributed by atoms with Crippen LogP contribution in [0.1, 0.15) is 25.8 Å².